The Bertz CT molecular complexity index is 247. The zero-order valence-corrected chi connectivity index (χ0v) is 8.57. The van der Waals surface area contributed by atoms with E-state index < -0.39 is 23.8 Å². The van der Waals surface area contributed by atoms with Gasteiger partial charge in [-0.05, 0) is 12.8 Å². The van der Waals surface area contributed by atoms with Crippen molar-refractivity contribution in [3.63, 3.8) is 0 Å². The predicted octanol–water partition coefficient (Wildman–Crippen LogP) is -0.404. The molecule has 0 unspecified atom stereocenters. The fourth-order valence-electron chi connectivity index (χ4n) is 2.26. The van der Waals surface area contributed by atoms with Gasteiger partial charge in [-0.2, -0.15) is 0 Å². The lowest BCUT2D eigenvalue weighted by atomic mass is 9.79. The summed E-state index contributed by atoms with van der Waals surface area (Å²) in [5, 5.41) is 18.7. The van der Waals surface area contributed by atoms with Crippen molar-refractivity contribution in [2.75, 3.05) is 19.8 Å². The summed E-state index contributed by atoms with van der Waals surface area (Å²) in [5.41, 5.74) is -1.38. The number of carbonyl (C=O) groups excluding carboxylic acids is 1. The van der Waals surface area contributed by atoms with E-state index in [2.05, 4.69) is 0 Å². The summed E-state index contributed by atoms with van der Waals surface area (Å²) >= 11 is 0. The first-order valence-electron chi connectivity index (χ1n) is 5.25. The van der Waals surface area contributed by atoms with E-state index in [-0.39, 0.29) is 0 Å². The molecule has 1 saturated heterocycles. The van der Waals surface area contributed by atoms with Gasteiger partial charge in [0, 0.05) is 12.8 Å². The summed E-state index contributed by atoms with van der Waals surface area (Å²) in [4.78, 5) is 11.3. The Kier molecular flexibility index (Phi) is 2.81. The lowest BCUT2D eigenvalue weighted by Gasteiger charge is -2.39. The van der Waals surface area contributed by atoms with Crippen molar-refractivity contribution in [2.24, 2.45) is 0 Å². The van der Waals surface area contributed by atoms with Crippen molar-refractivity contribution >= 4 is 5.78 Å². The highest BCUT2D eigenvalue weighted by molar-refractivity contribution is 5.88. The molecule has 2 aliphatic rings. The average Bonchev–Trinajstić information content (AvgIpc) is 2.71. The van der Waals surface area contributed by atoms with Crippen LogP contribution in [-0.2, 0) is 14.3 Å². The van der Waals surface area contributed by atoms with Crippen molar-refractivity contribution in [2.45, 2.75) is 37.1 Å². The van der Waals surface area contributed by atoms with Gasteiger partial charge in [0.1, 0.15) is 12.2 Å². The fourth-order valence-corrected chi connectivity index (χ4v) is 2.26. The van der Waals surface area contributed by atoms with E-state index >= 15 is 0 Å². The monoisotopic (exact) mass is 216 g/mol. The largest absolute Gasteiger partial charge is 0.388 e. The highest BCUT2D eigenvalue weighted by Crippen LogP contribution is 2.40. The van der Waals surface area contributed by atoms with Gasteiger partial charge in [-0.25, -0.2) is 0 Å². The van der Waals surface area contributed by atoms with E-state index in [0.717, 1.165) is 0 Å². The smallest absolute Gasteiger partial charge is 0.189 e. The second-order valence-electron chi connectivity index (χ2n) is 4.22. The van der Waals surface area contributed by atoms with E-state index in [0.29, 0.717) is 38.9 Å². The molecule has 1 aliphatic carbocycles. The number of aliphatic hydroxyl groups is 2. The summed E-state index contributed by atoms with van der Waals surface area (Å²) in [5.74, 6) is -1.09. The molecule has 0 radical (unpaired) electrons. The maximum atomic E-state index is 11.3. The molecule has 0 amide bonds. The lowest BCUT2D eigenvalue weighted by Crippen LogP contribution is -2.49. The molecule has 0 aromatic carbocycles. The molecule has 86 valence electrons. The molecular formula is C10H16O5. The molecule has 5 nitrogen and oxygen atoms in total. The van der Waals surface area contributed by atoms with Gasteiger partial charge in [0.2, 0.25) is 0 Å². The maximum absolute atomic E-state index is 11.3. The topological polar surface area (TPSA) is 76.0 Å². The summed E-state index contributed by atoms with van der Waals surface area (Å²) in [6.45, 7) is 0.546. The molecule has 2 fully saturated rings. The van der Waals surface area contributed by atoms with Crippen molar-refractivity contribution in [1.29, 1.82) is 0 Å². The van der Waals surface area contributed by atoms with Crippen LogP contribution in [0.25, 0.3) is 0 Å². The average molecular weight is 216 g/mol. The second kappa shape index (κ2) is 3.83. The van der Waals surface area contributed by atoms with Gasteiger partial charge in [0.05, 0.1) is 13.2 Å². The molecule has 1 aliphatic heterocycles. The van der Waals surface area contributed by atoms with Crippen LogP contribution in [0.5, 0.6) is 0 Å². The van der Waals surface area contributed by atoms with Crippen molar-refractivity contribution < 1.29 is 24.5 Å². The number of ether oxygens (including phenoxy) is 2. The quantitative estimate of drug-likeness (QED) is 0.656. The zero-order chi connectivity index (χ0) is 10.9. The summed E-state index contributed by atoms with van der Waals surface area (Å²) < 4.78 is 11.0. The van der Waals surface area contributed by atoms with Crippen LogP contribution in [0.4, 0.5) is 0 Å². The van der Waals surface area contributed by atoms with Crippen LogP contribution in [0.15, 0.2) is 0 Å². The van der Waals surface area contributed by atoms with Crippen LogP contribution >= 0.6 is 0 Å². The molecule has 5 heteroatoms. The van der Waals surface area contributed by atoms with Crippen LogP contribution < -0.4 is 0 Å². The Morgan fingerprint density at radius 1 is 1.13 bits per heavy atom. The molecular weight excluding hydrogens is 200 g/mol. The minimum atomic E-state index is -1.38. The van der Waals surface area contributed by atoms with E-state index in [4.69, 9.17) is 14.6 Å². The van der Waals surface area contributed by atoms with E-state index in [1.807, 2.05) is 0 Å². The molecule has 2 rings (SSSR count). The number of rotatable bonds is 2. The highest BCUT2D eigenvalue weighted by atomic mass is 16.7. The summed E-state index contributed by atoms with van der Waals surface area (Å²) in [7, 11) is 0. The first-order chi connectivity index (χ1) is 7.10. The van der Waals surface area contributed by atoms with Crippen LogP contribution in [0.3, 0.4) is 0 Å². The summed E-state index contributed by atoms with van der Waals surface area (Å²) in [6.07, 6.45) is 1.61. The normalized spacial score (nSPS) is 28.1. The molecule has 2 N–H and O–H groups in total. The van der Waals surface area contributed by atoms with Crippen molar-refractivity contribution in [3.8, 4) is 0 Å². The Morgan fingerprint density at radius 2 is 1.67 bits per heavy atom. The third-order valence-corrected chi connectivity index (χ3v) is 3.32. The zero-order valence-electron chi connectivity index (χ0n) is 8.57. The first-order valence-corrected chi connectivity index (χ1v) is 5.25. The Balaban J connectivity index is 1.99. The van der Waals surface area contributed by atoms with Gasteiger partial charge in [-0.3, -0.25) is 4.79 Å². The van der Waals surface area contributed by atoms with Gasteiger partial charge >= 0.3 is 0 Å². The Hall–Kier alpha value is -0.490. The predicted molar refractivity (Wildman–Crippen MR) is 50.1 cm³/mol. The number of aliphatic hydroxyl groups excluding tert-OH is 1. The maximum Gasteiger partial charge on any atom is 0.189 e. The number of ketones is 1. The van der Waals surface area contributed by atoms with Crippen LogP contribution in [-0.4, -0.2) is 47.2 Å². The molecule has 15 heavy (non-hydrogen) atoms. The van der Waals surface area contributed by atoms with Gasteiger partial charge in [-0.1, -0.05) is 0 Å². The lowest BCUT2D eigenvalue weighted by molar-refractivity contribution is -0.203. The first kappa shape index (κ1) is 11.0. The Morgan fingerprint density at radius 3 is 2.13 bits per heavy atom. The van der Waals surface area contributed by atoms with E-state index in [1.54, 1.807) is 0 Å². The van der Waals surface area contributed by atoms with E-state index in [9.17, 15) is 9.90 Å². The van der Waals surface area contributed by atoms with Gasteiger partial charge < -0.3 is 19.7 Å². The standard InChI is InChI=1S/C10H16O5/c11-7-8(12)9(13)1-3-10(4-2-9)14-5-6-15-10/h11,13H,1-7H2. The molecule has 0 aromatic rings. The van der Waals surface area contributed by atoms with Gasteiger partial charge in [-0.15, -0.1) is 0 Å². The van der Waals surface area contributed by atoms with Crippen LogP contribution in [0.1, 0.15) is 25.7 Å². The van der Waals surface area contributed by atoms with Crippen molar-refractivity contribution in [3.05, 3.63) is 0 Å². The van der Waals surface area contributed by atoms with E-state index in [1.165, 1.54) is 0 Å². The molecule has 0 aromatic heterocycles. The highest BCUT2D eigenvalue weighted by Gasteiger charge is 2.48. The Labute approximate surface area is 88.0 Å². The third kappa shape index (κ3) is 1.92. The molecule has 1 heterocycles. The molecule has 0 bridgehead atoms. The summed E-state index contributed by atoms with van der Waals surface area (Å²) in [6, 6.07) is 0. The van der Waals surface area contributed by atoms with Crippen molar-refractivity contribution in [1.82, 2.24) is 0 Å². The van der Waals surface area contributed by atoms with Gasteiger partial charge in [0.15, 0.2) is 11.6 Å². The minimum absolute atomic E-state index is 0.298. The molecule has 1 saturated carbocycles. The number of hydrogen-bond donors (Lipinski definition) is 2. The fraction of sp³-hybridized carbons (Fsp3) is 0.900. The van der Waals surface area contributed by atoms with Crippen LogP contribution in [0.2, 0.25) is 0 Å². The van der Waals surface area contributed by atoms with Crippen LogP contribution in [0, 0.1) is 0 Å². The third-order valence-electron chi connectivity index (χ3n) is 3.32. The second-order valence-corrected chi connectivity index (χ2v) is 4.22. The number of carbonyl (C=O) groups is 1. The number of hydrogen-bond acceptors (Lipinski definition) is 5. The molecule has 0 atom stereocenters. The minimum Gasteiger partial charge on any atom is -0.388 e. The molecule has 1 spiro atoms. The van der Waals surface area contributed by atoms with Gasteiger partial charge in [0.25, 0.3) is 0 Å². The SMILES string of the molecule is O=C(CO)C1(O)CCC2(CC1)OCCO2. The number of Topliss-reactive ketones (excluding diaryl/α,β-unsaturated/α-hetero) is 1.